The highest BCUT2D eigenvalue weighted by atomic mass is 35.5. The molecule has 2 aromatic rings. The molecule has 2 aromatic carbocycles. The fourth-order valence-electron chi connectivity index (χ4n) is 4.41. The summed E-state index contributed by atoms with van der Waals surface area (Å²) in [6.45, 7) is 12.2. The van der Waals surface area contributed by atoms with Gasteiger partial charge in [0, 0.05) is 18.6 Å². The molecule has 4 amide bonds. The van der Waals surface area contributed by atoms with Crippen LogP contribution in [0.2, 0.25) is 5.02 Å². The van der Waals surface area contributed by atoms with E-state index in [1.165, 1.54) is 24.1 Å². The lowest BCUT2D eigenvalue weighted by Gasteiger charge is -2.33. The monoisotopic (exact) mass is 649 g/mol. The summed E-state index contributed by atoms with van der Waals surface area (Å²) in [5.41, 5.74) is -1.87. The van der Waals surface area contributed by atoms with Crippen molar-refractivity contribution in [1.82, 2.24) is 14.1 Å². The molecule has 0 unspecified atom stereocenters. The first-order valence-electron chi connectivity index (χ1n) is 14.0. The van der Waals surface area contributed by atoms with E-state index in [9.17, 15) is 27.6 Å². The average molecular weight is 650 g/mol. The maximum absolute atomic E-state index is 14.2. The van der Waals surface area contributed by atoms with Crippen LogP contribution in [-0.4, -0.2) is 82.9 Å². The molecule has 1 aliphatic rings. The highest BCUT2D eigenvalue weighted by Crippen LogP contribution is 2.30. The minimum atomic E-state index is -4.75. The number of carbonyl (C=O) groups is 4. The molecule has 0 aromatic heterocycles. The first kappa shape index (κ1) is 34.8. The molecule has 240 valence electrons. The number of imide groups is 1. The van der Waals surface area contributed by atoms with Gasteiger partial charge in [-0.2, -0.15) is 4.31 Å². The quantitative estimate of drug-likeness (QED) is 0.263. The molecule has 44 heavy (non-hydrogen) atoms. The summed E-state index contributed by atoms with van der Waals surface area (Å²) in [5.74, 6) is -1.58. The van der Waals surface area contributed by atoms with E-state index in [1.807, 2.05) is 0 Å². The van der Waals surface area contributed by atoms with E-state index in [0.29, 0.717) is 14.9 Å². The molecule has 11 nitrogen and oxygen atoms in total. The van der Waals surface area contributed by atoms with Crippen LogP contribution in [-0.2, 0) is 29.1 Å². The van der Waals surface area contributed by atoms with E-state index in [2.05, 4.69) is 0 Å². The number of sulfonamides is 1. The van der Waals surface area contributed by atoms with Crippen molar-refractivity contribution in [3.05, 3.63) is 53.6 Å². The normalized spacial score (nSPS) is 16.1. The van der Waals surface area contributed by atoms with E-state index in [4.69, 9.17) is 21.1 Å². The van der Waals surface area contributed by atoms with Crippen LogP contribution in [0.1, 0.15) is 61.8 Å². The first-order chi connectivity index (χ1) is 20.1. The van der Waals surface area contributed by atoms with E-state index >= 15 is 0 Å². The predicted octanol–water partition coefficient (Wildman–Crippen LogP) is 5.71. The summed E-state index contributed by atoms with van der Waals surface area (Å²) in [5, 5.41) is 0.543. The number of rotatable bonds is 8. The summed E-state index contributed by atoms with van der Waals surface area (Å²) >= 11 is 5.98. The van der Waals surface area contributed by atoms with E-state index in [0.717, 1.165) is 10.5 Å². The second kappa shape index (κ2) is 12.4. The number of benzene rings is 2. The summed E-state index contributed by atoms with van der Waals surface area (Å²) in [7, 11) is -3.28. The number of halogens is 1. The number of amides is 4. The lowest BCUT2D eigenvalue weighted by atomic mass is 10.0. The second-order valence-electron chi connectivity index (χ2n) is 13.0. The molecule has 0 radical (unpaired) electrons. The molecule has 0 bridgehead atoms. The van der Waals surface area contributed by atoms with Crippen molar-refractivity contribution in [2.45, 2.75) is 89.5 Å². The van der Waals surface area contributed by atoms with Gasteiger partial charge in [-0.25, -0.2) is 22.8 Å². The Morgan fingerprint density at radius 3 is 1.80 bits per heavy atom. The van der Waals surface area contributed by atoms with Gasteiger partial charge in [0.25, 0.3) is 15.9 Å². The van der Waals surface area contributed by atoms with E-state index in [1.54, 1.807) is 91.8 Å². The number of hydrogen-bond acceptors (Lipinski definition) is 8. The van der Waals surface area contributed by atoms with Crippen LogP contribution in [0.5, 0.6) is 0 Å². The van der Waals surface area contributed by atoms with Crippen LogP contribution in [0, 0.1) is 0 Å². The van der Waals surface area contributed by atoms with Crippen LogP contribution in [0.25, 0.3) is 11.1 Å². The molecule has 13 heteroatoms. The van der Waals surface area contributed by atoms with Crippen molar-refractivity contribution in [1.29, 1.82) is 0 Å². The standard InChI is InChI=1S/C31H40ClN3O8S/c1-29(2,3)42-25(36)24(18-19-34-26(37)31(7,8)33(9)27(34)38)35(28(39)43-30(4,5)6)44(40,41)23-16-12-21(13-17-23)20-10-14-22(32)15-11-20/h10-17,24H,18-19H2,1-9H3/t24-/m1/s1. The molecule has 3 rings (SSSR count). The third-order valence-electron chi connectivity index (χ3n) is 6.88. The second-order valence-corrected chi connectivity index (χ2v) is 15.3. The number of carbonyl (C=O) groups excluding carboxylic acids is 4. The Kier molecular flexibility index (Phi) is 9.82. The molecule has 0 aliphatic carbocycles. The van der Waals surface area contributed by atoms with Crippen LogP contribution < -0.4 is 0 Å². The van der Waals surface area contributed by atoms with Crippen molar-refractivity contribution in [2.24, 2.45) is 0 Å². The molecule has 1 heterocycles. The van der Waals surface area contributed by atoms with Gasteiger partial charge in [-0.3, -0.25) is 9.69 Å². The molecule has 1 atom stereocenters. The van der Waals surface area contributed by atoms with E-state index < -0.39 is 63.2 Å². The van der Waals surface area contributed by atoms with Gasteiger partial charge in [-0.05, 0) is 97.2 Å². The number of nitrogens with zero attached hydrogens (tertiary/aromatic N) is 3. The summed E-state index contributed by atoms with van der Waals surface area (Å²) in [4.78, 5) is 55.1. The summed E-state index contributed by atoms with van der Waals surface area (Å²) in [6, 6.07) is 10.3. The van der Waals surface area contributed by atoms with Gasteiger partial charge >= 0.3 is 18.1 Å². The Labute approximate surface area is 264 Å². The van der Waals surface area contributed by atoms with Gasteiger partial charge in [-0.1, -0.05) is 35.9 Å². The predicted molar refractivity (Wildman–Crippen MR) is 165 cm³/mol. The molecule has 0 saturated carbocycles. The largest absolute Gasteiger partial charge is 0.458 e. The lowest BCUT2D eigenvalue weighted by Crippen LogP contribution is -2.53. The fraction of sp³-hybridized carbons (Fsp3) is 0.484. The molecule has 1 fully saturated rings. The molecule has 0 spiro atoms. The Hall–Kier alpha value is -3.64. The summed E-state index contributed by atoms with van der Waals surface area (Å²) in [6.07, 6.45) is -1.75. The van der Waals surface area contributed by atoms with Gasteiger partial charge in [0.05, 0.1) is 4.90 Å². The van der Waals surface area contributed by atoms with Crippen LogP contribution in [0.3, 0.4) is 0 Å². The van der Waals surface area contributed by atoms with Crippen LogP contribution in [0.15, 0.2) is 53.4 Å². The molecule has 1 aliphatic heterocycles. The zero-order valence-electron chi connectivity index (χ0n) is 26.5. The SMILES string of the molecule is CN1C(=O)N(CC[C@H](C(=O)OC(C)(C)C)N(C(=O)OC(C)(C)C)S(=O)(=O)c2ccc(-c3ccc(Cl)cc3)cc2)C(=O)C1(C)C. The Bertz CT molecular complexity index is 1530. The molecule has 1 saturated heterocycles. The Morgan fingerprint density at radius 2 is 1.36 bits per heavy atom. The van der Waals surface area contributed by atoms with Gasteiger partial charge < -0.3 is 14.4 Å². The topological polar surface area (TPSA) is 131 Å². The third kappa shape index (κ3) is 7.71. The van der Waals surface area contributed by atoms with Gasteiger partial charge in [0.2, 0.25) is 0 Å². The van der Waals surface area contributed by atoms with Crippen molar-refractivity contribution in [2.75, 3.05) is 13.6 Å². The molecular weight excluding hydrogens is 610 g/mol. The minimum absolute atomic E-state index is 0.288. The number of esters is 1. The zero-order valence-corrected chi connectivity index (χ0v) is 28.1. The smallest absolute Gasteiger partial charge is 0.425 e. The Morgan fingerprint density at radius 1 is 0.886 bits per heavy atom. The number of ether oxygens (including phenoxy) is 2. The van der Waals surface area contributed by atoms with Gasteiger partial charge in [-0.15, -0.1) is 0 Å². The first-order valence-corrected chi connectivity index (χ1v) is 15.8. The average Bonchev–Trinajstić information content (AvgIpc) is 3.03. The number of hydrogen-bond donors (Lipinski definition) is 0. The molecule has 0 N–H and O–H groups in total. The summed E-state index contributed by atoms with van der Waals surface area (Å²) < 4.78 is 39.7. The minimum Gasteiger partial charge on any atom is -0.458 e. The fourth-order valence-corrected chi connectivity index (χ4v) is 6.00. The zero-order chi connectivity index (χ0) is 33.4. The van der Waals surface area contributed by atoms with Gasteiger partial charge in [0.15, 0.2) is 6.04 Å². The third-order valence-corrected chi connectivity index (χ3v) is 8.92. The molecular formula is C31H40ClN3O8S. The van der Waals surface area contributed by atoms with Crippen molar-refractivity contribution in [3.63, 3.8) is 0 Å². The Balaban J connectivity index is 2.09. The highest BCUT2D eigenvalue weighted by molar-refractivity contribution is 7.89. The van der Waals surface area contributed by atoms with Crippen LogP contribution >= 0.6 is 11.6 Å². The highest BCUT2D eigenvalue weighted by Gasteiger charge is 2.50. The maximum atomic E-state index is 14.2. The van der Waals surface area contributed by atoms with Crippen LogP contribution in [0.4, 0.5) is 9.59 Å². The van der Waals surface area contributed by atoms with Crippen molar-refractivity contribution in [3.8, 4) is 11.1 Å². The number of urea groups is 1. The van der Waals surface area contributed by atoms with Crippen molar-refractivity contribution < 1.29 is 37.1 Å². The van der Waals surface area contributed by atoms with Crippen molar-refractivity contribution >= 4 is 45.6 Å². The van der Waals surface area contributed by atoms with E-state index in [-0.39, 0.29) is 11.4 Å². The number of likely N-dealkylation sites (N-methyl/N-ethyl adjacent to an activating group) is 1. The van der Waals surface area contributed by atoms with Gasteiger partial charge in [0.1, 0.15) is 16.7 Å². The maximum Gasteiger partial charge on any atom is 0.425 e. The lowest BCUT2D eigenvalue weighted by molar-refractivity contribution is -0.160.